The lowest BCUT2D eigenvalue weighted by atomic mass is 10.2. The Kier molecular flexibility index (Phi) is 2.76. The Hall–Kier alpha value is -2.02. The highest BCUT2D eigenvalue weighted by Gasteiger charge is 2.15. The quantitative estimate of drug-likeness (QED) is 0.712. The average Bonchev–Trinajstić information content (AvgIpc) is 2.77. The van der Waals surface area contributed by atoms with Crippen LogP contribution in [0, 0.1) is 6.92 Å². The molecule has 90 valence electrons. The van der Waals surface area contributed by atoms with Crippen LogP contribution in [0.2, 0.25) is 0 Å². The van der Waals surface area contributed by atoms with E-state index in [4.69, 9.17) is 5.73 Å². The Morgan fingerprint density at radius 2 is 2.18 bits per heavy atom. The molecule has 0 saturated carbocycles. The Labute approximate surface area is 98.9 Å². The van der Waals surface area contributed by atoms with Crippen LogP contribution in [-0.2, 0) is 10.0 Å². The zero-order valence-corrected chi connectivity index (χ0v) is 9.95. The maximum atomic E-state index is 11.8. The second-order valence-electron chi connectivity index (χ2n) is 3.59. The number of aromatic amines is 1. The molecule has 0 unspecified atom stereocenters. The number of hydrogen-bond donors (Lipinski definition) is 3. The fraction of sp³-hybridized carbons (Fsp3) is 0.100. The Balaban J connectivity index is 2.30. The van der Waals surface area contributed by atoms with E-state index in [1.54, 1.807) is 18.2 Å². The van der Waals surface area contributed by atoms with Gasteiger partial charge in [-0.15, -0.1) is 0 Å². The van der Waals surface area contributed by atoms with Crippen LogP contribution >= 0.6 is 0 Å². The highest BCUT2D eigenvalue weighted by atomic mass is 32.2. The third-order valence-corrected chi connectivity index (χ3v) is 3.59. The van der Waals surface area contributed by atoms with Crippen molar-refractivity contribution >= 4 is 21.4 Å². The highest BCUT2D eigenvalue weighted by molar-refractivity contribution is 7.92. The number of aromatic nitrogens is 2. The van der Waals surface area contributed by atoms with Gasteiger partial charge in [-0.05, 0) is 30.7 Å². The number of nitrogens with two attached hydrogens (primary N) is 1. The van der Waals surface area contributed by atoms with Gasteiger partial charge in [-0.25, -0.2) is 4.98 Å². The van der Waals surface area contributed by atoms with Crippen LogP contribution in [0.5, 0.6) is 0 Å². The SMILES string of the molecule is Cc1cc(NS(=O)(=O)c2cnc[nH]2)ccc1N. The molecule has 2 aromatic rings. The molecule has 1 aromatic heterocycles. The maximum Gasteiger partial charge on any atom is 0.278 e. The van der Waals surface area contributed by atoms with Gasteiger partial charge in [-0.1, -0.05) is 0 Å². The molecule has 0 bridgehead atoms. The van der Waals surface area contributed by atoms with Gasteiger partial charge in [-0.3, -0.25) is 4.72 Å². The van der Waals surface area contributed by atoms with E-state index < -0.39 is 10.0 Å². The minimum absolute atomic E-state index is 0.0204. The van der Waals surface area contributed by atoms with Gasteiger partial charge < -0.3 is 10.7 Å². The number of hydrogen-bond acceptors (Lipinski definition) is 4. The van der Waals surface area contributed by atoms with E-state index in [1.807, 2.05) is 6.92 Å². The van der Waals surface area contributed by atoms with E-state index in [1.165, 1.54) is 12.5 Å². The van der Waals surface area contributed by atoms with Crippen LogP contribution in [0.4, 0.5) is 11.4 Å². The van der Waals surface area contributed by atoms with Gasteiger partial charge in [0.05, 0.1) is 12.5 Å². The molecule has 0 aliphatic carbocycles. The lowest BCUT2D eigenvalue weighted by Crippen LogP contribution is -2.13. The van der Waals surface area contributed by atoms with Crippen LogP contribution in [0.1, 0.15) is 5.56 Å². The molecule has 6 nitrogen and oxygen atoms in total. The lowest BCUT2D eigenvalue weighted by Gasteiger charge is -2.08. The number of rotatable bonds is 3. The van der Waals surface area contributed by atoms with E-state index in [2.05, 4.69) is 14.7 Å². The van der Waals surface area contributed by atoms with Gasteiger partial charge in [0, 0.05) is 11.4 Å². The number of nitrogen functional groups attached to an aromatic ring is 1. The molecule has 1 heterocycles. The predicted octanol–water partition coefficient (Wildman–Crippen LogP) is 1.10. The molecule has 0 saturated heterocycles. The molecule has 0 radical (unpaired) electrons. The smallest absolute Gasteiger partial charge is 0.278 e. The summed E-state index contributed by atoms with van der Waals surface area (Å²) >= 11 is 0. The number of imidazole rings is 1. The fourth-order valence-electron chi connectivity index (χ4n) is 1.34. The summed E-state index contributed by atoms with van der Waals surface area (Å²) in [5.74, 6) is 0. The summed E-state index contributed by atoms with van der Waals surface area (Å²) in [5.41, 5.74) is 7.55. The molecule has 0 aliphatic heterocycles. The first-order valence-electron chi connectivity index (χ1n) is 4.86. The van der Waals surface area contributed by atoms with Gasteiger partial charge in [0.1, 0.15) is 0 Å². The van der Waals surface area contributed by atoms with Crippen LogP contribution < -0.4 is 10.5 Å². The molecule has 7 heteroatoms. The van der Waals surface area contributed by atoms with Gasteiger partial charge in [0.25, 0.3) is 10.0 Å². The zero-order valence-electron chi connectivity index (χ0n) is 9.14. The van der Waals surface area contributed by atoms with Crippen LogP contribution in [0.25, 0.3) is 0 Å². The molecular weight excluding hydrogens is 240 g/mol. The third-order valence-electron chi connectivity index (χ3n) is 2.28. The highest BCUT2D eigenvalue weighted by Crippen LogP contribution is 2.19. The third kappa shape index (κ3) is 2.39. The first kappa shape index (κ1) is 11.5. The Morgan fingerprint density at radius 1 is 1.41 bits per heavy atom. The summed E-state index contributed by atoms with van der Waals surface area (Å²) in [5, 5.41) is 0.0204. The van der Waals surface area contributed by atoms with Crippen molar-refractivity contribution in [2.45, 2.75) is 11.9 Å². The van der Waals surface area contributed by atoms with Crippen molar-refractivity contribution in [3.8, 4) is 0 Å². The first-order chi connectivity index (χ1) is 7.99. The second-order valence-corrected chi connectivity index (χ2v) is 5.24. The summed E-state index contributed by atoms with van der Waals surface area (Å²) in [6.07, 6.45) is 2.55. The minimum Gasteiger partial charge on any atom is -0.399 e. The average molecular weight is 252 g/mol. The van der Waals surface area contributed by atoms with Gasteiger partial charge >= 0.3 is 0 Å². The maximum absolute atomic E-state index is 11.8. The largest absolute Gasteiger partial charge is 0.399 e. The predicted molar refractivity (Wildman–Crippen MR) is 65.0 cm³/mol. The van der Waals surface area contributed by atoms with Gasteiger partial charge in [-0.2, -0.15) is 8.42 Å². The van der Waals surface area contributed by atoms with E-state index in [-0.39, 0.29) is 5.03 Å². The van der Waals surface area contributed by atoms with E-state index in [0.717, 1.165) is 5.56 Å². The summed E-state index contributed by atoms with van der Waals surface area (Å²) in [4.78, 5) is 6.20. The van der Waals surface area contributed by atoms with Crippen molar-refractivity contribution in [3.05, 3.63) is 36.3 Å². The van der Waals surface area contributed by atoms with Gasteiger partial charge in [0.2, 0.25) is 0 Å². The van der Waals surface area contributed by atoms with Crippen molar-refractivity contribution in [2.24, 2.45) is 0 Å². The Morgan fingerprint density at radius 3 is 2.76 bits per heavy atom. The molecule has 0 amide bonds. The van der Waals surface area contributed by atoms with Crippen LogP contribution in [-0.4, -0.2) is 18.4 Å². The molecule has 0 spiro atoms. The summed E-state index contributed by atoms with van der Waals surface area (Å²) in [6, 6.07) is 4.93. The summed E-state index contributed by atoms with van der Waals surface area (Å²) in [7, 11) is -3.61. The zero-order chi connectivity index (χ0) is 12.5. The van der Waals surface area contributed by atoms with Crippen molar-refractivity contribution in [3.63, 3.8) is 0 Å². The number of anilines is 2. The first-order valence-corrected chi connectivity index (χ1v) is 6.35. The fourth-order valence-corrected chi connectivity index (χ4v) is 2.29. The number of H-pyrrole nitrogens is 1. The van der Waals surface area contributed by atoms with Crippen LogP contribution in [0.15, 0.2) is 35.7 Å². The molecule has 4 N–H and O–H groups in total. The minimum atomic E-state index is -3.61. The number of nitrogens with one attached hydrogen (secondary N) is 2. The summed E-state index contributed by atoms with van der Waals surface area (Å²) < 4.78 is 26.1. The molecule has 17 heavy (non-hydrogen) atoms. The number of nitrogens with zero attached hydrogens (tertiary/aromatic N) is 1. The van der Waals surface area contributed by atoms with E-state index >= 15 is 0 Å². The molecule has 1 aromatic carbocycles. The Bertz CT molecular complexity index is 620. The van der Waals surface area contributed by atoms with E-state index in [0.29, 0.717) is 11.4 Å². The van der Waals surface area contributed by atoms with Crippen molar-refractivity contribution in [1.82, 2.24) is 9.97 Å². The normalized spacial score (nSPS) is 11.4. The molecular formula is C10H12N4O2S. The lowest BCUT2D eigenvalue weighted by molar-refractivity contribution is 0.598. The topological polar surface area (TPSA) is 101 Å². The second kappa shape index (κ2) is 4.10. The number of aryl methyl sites for hydroxylation is 1. The number of sulfonamides is 1. The van der Waals surface area contributed by atoms with Crippen molar-refractivity contribution in [2.75, 3.05) is 10.5 Å². The van der Waals surface area contributed by atoms with E-state index in [9.17, 15) is 8.42 Å². The molecule has 0 fully saturated rings. The molecule has 0 atom stereocenters. The molecule has 0 aliphatic rings. The molecule has 2 rings (SSSR count). The van der Waals surface area contributed by atoms with Crippen molar-refractivity contribution < 1.29 is 8.42 Å². The monoisotopic (exact) mass is 252 g/mol. The standard InChI is InChI=1S/C10H12N4O2S/c1-7-4-8(2-3-9(7)11)14-17(15,16)10-5-12-6-13-10/h2-6,14H,11H2,1H3,(H,12,13). The summed E-state index contributed by atoms with van der Waals surface area (Å²) in [6.45, 7) is 1.81. The van der Waals surface area contributed by atoms with Crippen molar-refractivity contribution in [1.29, 1.82) is 0 Å². The van der Waals surface area contributed by atoms with Gasteiger partial charge in [0.15, 0.2) is 5.03 Å². The van der Waals surface area contributed by atoms with Crippen LogP contribution in [0.3, 0.4) is 0 Å². The number of benzene rings is 1.